The number of aliphatic carboxylic acids is 1. The molecule has 1 aliphatic carbocycles. The fourth-order valence-corrected chi connectivity index (χ4v) is 3.56. The van der Waals surface area contributed by atoms with E-state index < -0.39 is 23.6 Å². The number of halogens is 2. The van der Waals surface area contributed by atoms with Crippen molar-refractivity contribution in [2.75, 3.05) is 11.4 Å². The number of anilines is 1. The van der Waals surface area contributed by atoms with E-state index in [0.29, 0.717) is 24.9 Å². The Labute approximate surface area is 148 Å². The normalized spacial score (nSPS) is 26.1. The van der Waals surface area contributed by atoms with Gasteiger partial charge in [-0.05, 0) is 37.5 Å². The Morgan fingerprint density at radius 3 is 2.68 bits per heavy atom. The van der Waals surface area contributed by atoms with Gasteiger partial charge in [0, 0.05) is 24.7 Å². The molecule has 1 saturated heterocycles. The van der Waals surface area contributed by atoms with Crippen LogP contribution in [0.2, 0.25) is 5.02 Å². The number of carbonyl (C=O) groups excluding carboxylic acids is 2. The number of hydrogen-bond donors (Lipinski definition) is 2. The topological polar surface area (TPSA) is 86.7 Å². The first kappa shape index (κ1) is 17.7. The van der Waals surface area contributed by atoms with Crippen molar-refractivity contribution in [3.8, 4) is 0 Å². The van der Waals surface area contributed by atoms with Gasteiger partial charge in [0.25, 0.3) is 0 Å². The molecule has 2 N–H and O–H groups in total. The molecule has 3 rings (SSSR count). The molecule has 25 heavy (non-hydrogen) atoms. The zero-order valence-electron chi connectivity index (χ0n) is 13.4. The second-order valence-corrected chi connectivity index (χ2v) is 6.96. The zero-order valence-corrected chi connectivity index (χ0v) is 14.1. The molecular weight excluding hydrogens is 351 g/mol. The monoisotopic (exact) mass is 368 g/mol. The van der Waals surface area contributed by atoms with E-state index in [1.165, 1.54) is 23.1 Å². The van der Waals surface area contributed by atoms with E-state index >= 15 is 0 Å². The largest absolute Gasteiger partial charge is 0.481 e. The van der Waals surface area contributed by atoms with Crippen LogP contribution in [0.3, 0.4) is 0 Å². The quantitative estimate of drug-likeness (QED) is 0.853. The van der Waals surface area contributed by atoms with Gasteiger partial charge >= 0.3 is 5.97 Å². The van der Waals surface area contributed by atoms with Crippen molar-refractivity contribution in [3.05, 3.63) is 29.0 Å². The van der Waals surface area contributed by atoms with Gasteiger partial charge in [-0.1, -0.05) is 11.6 Å². The van der Waals surface area contributed by atoms with Gasteiger partial charge < -0.3 is 15.3 Å². The summed E-state index contributed by atoms with van der Waals surface area (Å²) in [5.74, 6) is -2.94. The first-order valence-corrected chi connectivity index (χ1v) is 8.51. The summed E-state index contributed by atoms with van der Waals surface area (Å²) in [6, 6.07) is 3.91. The van der Waals surface area contributed by atoms with Crippen molar-refractivity contribution < 1.29 is 23.9 Å². The molecule has 1 aromatic rings. The van der Waals surface area contributed by atoms with Crippen LogP contribution in [0.4, 0.5) is 10.1 Å². The number of carboxylic acid groups (broad SMARTS) is 1. The molecule has 1 heterocycles. The fourth-order valence-electron chi connectivity index (χ4n) is 3.44. The van der Waals surface area contributed by atoms with Crippen LogP contribution >= 0.6 is 11.6 Å². The minimum Gasteiger partial charge on any atom is -0.481 e. The highest BCUT2D eigenvalue weighted by molar-refractivity contribution is 6.30. The van der Waals surface area contributed by atoms with E-state index in [9.17, 15) is 18.8 Å². The van der Waals surface area contributed by atoms with Crippen LogP contribution in [-0.2, 0) is 14.4 Å². The second-order valence-electron chi connectivity index (χ2n) is 6.56. The standard InChI is InChI=1S/C17H18ClFN2O4/c18-13-4-3-12(7-14(13)19)21-8-10(6-15(21)22)16(23)20-11-2-1-9(5-11)17(24)25/h3-4,7,9-11H,1-2,5-6,8H2,(H,20,23)(H,24,25)/t9-,10?,11+/m1/s1. The molecule has 1 aromatic carbocycles. The number of nitrogens with zero attached hydrogens (tertiary/aromatic N) is 1. The van der Waals surface area contributed by atoms with Gasteiger partial charge in [0.05, 0.1) is 16.9 Å². The van der Waals surface area contributed by atoms with Crippen LogP contribution in [0, 0.1) is 17.7 Å². The van der Waals surface area contributed by atoms with Gasteiger partial charge in [0.1, 0.15) is 5.82 Å². The van der Waals surface area contributed by atoms with Gasteiger partial charge in [0.15, 0.2) is 0 Å². The number of hydrogen-bond acceptors (Lipinski definition) is 3. The van der Waals surface area contributed by atoms with Crippen LogP contribution in [0.1, 0.15) is 25.7 Å². The van der Waals surface area contributed by atoms with Crippen LogP contribution in [0.5, 0.6) is 0 Å². The summed E-state index contributed by atoms with van der Waals surface area (Å²) in [5.41, 5.74) is 0.369. The number of rotatable bonds is 4. The Bertz CT molecular complexity index is 727. The Morgan fingerprint density at radius 2 is 2.04 bits per heavy atom. The molecule has 1 aliphatic heterocycles. The van der Waals surface area contributed by atoms with Crippen molar-refractivity contribution in [2.24, 2.45) is 11.8 Å². The predicted molar refractivity (Wildman–Crippen MR) is 88.8 cm³/mol. The average Bonchev–Trinajstić information content (AvgIpc) is 3.17. The minimum absolute atomic E-state index is 0.0288. The van der Waals surface area contributed by atoms with Crippen LogP contribution in [0.25, 0.3) is 0 Å². The molecule has 2 fully saturated rings. The zero-order chi connectivity index (χ0) is 18.1. The lowest BCUT2D eigenvalue weighted by atomic mass is 10.1. The summed E-state index contributed by atoms with van der Waals surface area (Å²) in [7, 11) is 0. The fraction of sp³-hybridized carbons (Fsp3) is 0.471. The molecule has 0 aromatic heterocycles. The van der Waals surface area contributed by atoms with E-state index in [-0.39, 0.29) is 35.8 Å². The molecule has 1 unspecified atom stereocenters. The Kier molecular flexibility index (Phi) is 4.94. The van der Waals surface area contributed by atoms with Crippen molar-refractivity contribution >= 4 is 35.1 Å². The molecule has 3 atom stereocenters. The van der Waals surface area contributed by atoms with Gasteiger partial charge in [0.2, 0.25) is 11.8 Å². The number of benzene rings is 1. The molecule has 6 nitrogen and oxygen atoms in total. The van der Waals surface area contributed by atoms with Crippen LogP contribution < -0.4 is 10.2 Å². The minimum atomic E-state index is -0.844. The molecule has 0 radical (unpaired) electrons. The van der Waals surface area contributed by atoms with E-state index in [1.807, 2.05) is 0 Å². The third-order valence-corrected chi connectivity index (χ3v) is 5.15. The second kappa shape index (κ2) is 7.00. The van der Waals surface area contributed by atoms with E-state index in [1.54, 1.807) is 0 Å². The number of carboxylic acids is 1. The first-order valence-electron chi connectivity index (χ1n) is 8.13. The van der Waals surface area contributed by atoms with E-state index in [0.717, 1.165) is 0 Å². The average molecular weight is 369 g/mol. The summed E-state index contributed by atoms with van der Waals surface area (Å²) >= 11 is 5.65. The number of amides is 2. The molecule has 134 valence electrons. The molecule has 8 heteroatoms. The van der Waals surface area contributed by atoms with Gasteiger partial charge in [-0.2, -0.15) is 0 Å². The van der Waals surface area contributed by atoms with E-state index in [2.05, 4.69) is 5.32 Å². The maximum atomic E-state index is 13.6. The number of nitrogens with one attached hydrogen (secondary N) is 1. The smallest absolute Gasteiger partial charge is 0.306 e. The third-order valence-electron chi connectivity index (χ3n) is 4.84. The van der Waals surface area contributed by atoms with Gasteiger partial charge in [-0.25, -0.2) is 4.39 Å². The van der Waals surface area contributed by atoms with Crippen molar-refractivity contribution in [1.29, 1.82) is 0 Å². The van der Waals surface area contributed by atoms with E-state index in [4.69, 9.17) is 16.7 Å². The Morgan fingerprint density at radius 1 is 1.28 bits per heavy atom. The van der Waals surface area contributed by atoms with Crippen LogP contribution in [0.15, 0.2) is 18.2 Å². The summed E-state index contributed by atoms with van der Waals surface area (Å²) in [6.07, 6.45) is 1.62. The Hall–Kier alpha value is -2.15. The van der Waals surface area contributed by atoms with Gasteiger partial charge in [-0.3, -0.25) is 14.4 Å². The van der Waals surface area contributed by atoms with Gasteiger partial charge in [-0.15, -0.1) is 0 Å². The lowest BCUT2D eigenvalue weighted by Crippen LogP contribution is -2.39. The maximum Gasteiger partial charge on any atom is 0.306 e. The molecule has 0 spiro atoms. The van der Waals surface area contributed by atoms with Crippen molar-refractivity contribution in [1.82, 2.24) is 5.32 Å². The highest BCUT2D eigenvalue weighted by Gasteiger charge is 2.37. The highest BCUT2D eigenvalue weighted by atomic mass is 35.5. The first-order chi connectivity index (χ1) is 11.8. The lowest BCUT2D eigenvalue weighted by Gasteiger charge is -2.18. The lowest BCUT2D eigenvalue weighted by molar-refractivity contribution is -0.141. The van der Waals surface area contributed by atoms with Crippen molar-refractivity contribution in [2.45, 2.75) is 31.7 Å². The summed E-state index contributed by atoms with van der Waals surface area (Å²) in [5, 5.41) is 11.8. The molecule has 1 saturated carbocycles. The summed E-state index contributed by atoms with van der Waals surface area (Å²) in [4.78, 5) is 36.9. The predicted octanol–water partition coefficient (Wildman–Crippen LogP) is 2.20. The molecular formula is C17H18ClFN2O4. The highest BCUT2D eigenvalue weighted by Crippen LogP contribution is 2.29. The molecule has 0 bridgehead atoms. The maximum absolute atomic E-state index is 13.6. The van der Waals surface area contributed by atoms with Crippen LogP contribution in [-0.4, -0.2) is 35.5 Å². The third kappa shape index (κ3) is 3.76. The summed E-state index contributed by atoms with van der Waals surface area (Å²) < 4.78 is 13.6. The molecule has 2 amide bonds. The van der Waals surface area contributed by atoms with Crippen molar-refractivity contribution in [3.63, 3.8) is 0 Å². The SMILES string of the molecule is O=C(N[C@H]1CC[C@@H](C(=O)O)C1)C1CC(=O)N(c2ccc(Cl)c(F)c2)C1. The summed E-state index contributed by atoms with van der Waals surface area (Å²) in [6.45, 7) is 0.167. The number of carbonyl (C=O) groups is 3. The molecule has 2 aliphatic rings. The Balaban J connectivity index is 1.61.